The molecule has 0 aliphatic heterocycles. The van der Waals surface area contributed by atoms with E-state index in [4.69, 9.17) is 0 Å². The molecular weight excluding hydrogens is 298 g/mol. The molecule has 0 aromatic carbocycles. The van der Waals surface area contributed by atoms with Crippen molar-refractivity contribution in [1.82, 2.24) is 0 Å². The maximum Gasteiger partial charge on any atom is 0.310 e. The molecule has 0 aromatic rings. The summed E-state index contributed by atoms with van der Waals surface area (Å²) < 4.78 is 3.97. The monoisotopic (exact) mass is 306 g/mol. The topological polar surface area (TPSA) is 43.4 Å². The number of hydrogen-bond donors (Lipinski definition) is 0. The molecule has 0 heterocycles. The van der Waals surface area contributed by atoms with E-state index in [2.05, 4.69) is 4.74 Å². The molecule has 0 aliphatic carbocycles. The fourth-order valence-electron chi connectivity index (χ4n) is 0.202. The van der Waals surface area contributed by atoms with Crippen molar-refractivity contribution in [3.63, 3.8) is 0 Å². The molecule has 0 aromatic heterocycles. The SMILES string of the molecule is CC(=O)OC(C)=O.[Ru].[Ru]. The largest absolute Gasteiger partial charge is 0.394 e. The standard InChI is InChI=1S/C4H6O3.2Ru/c1-3(5)7-4(2)6;;/h1-2H3;;. The van der Waals surface area contributed by atoms with Crippen molar-refractivity contribution < 1.29 is 53.3 Å². The van der Waals surface area contributed by atoms with Crippen LogP contribution in [0.15, 0.2) is 0 Å². The summed E-state index contributed by atoms with van der Waals surface area (Å²) in [6.45, 7) is 2.36. The van der Waals surface area contributed by atoms with E-state index in [1.807, 2.05) is 0 Å². The Balaban J connectivity index is -0.000000180. The molecular formula is C4H6O3Ru2. The zero-order valence-corrected chi connectivity index (χ0v) is 8.41. The maximum absolute atomic E-state index is 9.81. The first-order valence-electron chi connectivity index (χ1n) is 1.82. The van der Waals surface area contributed by atoms with E-state index in [1.54, 1.807) is 0 Å². The molecule has 0 amide bonds. The van der Waals surface area contributed by atoms with Crippen LogP contribution < -0.4 is 0 Å². The van der Waals surface area contributed by atoms with Crippen molar-refractivity contribution in [1.29, 1.82) is 0 Å². The van der Waals surface area contributed by atoms with Crippen LogP contribution in [0.5, 0.6) is 0 Å². The average molecular weight is 304 g/mol. The van der Waals surface area contributed by atoms with Gasteiger partial charge in [-0.05, 0) is 0 Å². The second-order valence-corrected chi connectivity index (χ2v) is 1.09. The molecule has 0 saturated heterocycles. The first-order chi connectivity index (χ1) is 3.13. The minimum absolute atomic E-state index is 0. The second kappa shape index (κ2) is 8.39. The van der Waals surface area contributed by atoms with E-state index in [9.17, 15) is 9.59 Å². The van der Waals surface area contributed by atoms with Crippen LogP contribution in [0.25, 0.3) is 0 Å². The Morgan fingerprint density at radius 1 is 1.00 bits per heavy atom. The third kappa shape index (κ3) is 17.8. The van der Waals surface area contributed by atoms with Gasteiger partial charge in [0, 0.05) is 52.8 Å². The van der Waals surface area contributed by atoms with Gasteiger partial charge in [0.2, 0.25) is 0 Å². The van der Waals surface area contributed by atoms with E-state index in [1.165, 1.54) is 13.8 Å². The molecule has 0 saturated carbocycles. The average Bonchev–Trinajstić information content (AvgIpc) is 1.27. The third-order valence-corrected chi connectivity index (χ3v) is 0.287. The van der Waals surface area contributed by atoms with Crippen molar-refractivity contribution in [2.75, 3.05) is 0 Å². The van der Waals surface area contributed by atoms with E-state index in [0.29, 0.717) is 0 Å². The molecule has 0 N–H and O–H groups in total. The van der Waals surface area contributed by atoms with Gasteiger partial charge < -0.3 is 4.74 Å². The van der Waals surface area contributed by atoms with E-state index >= 15 is 0 Å². The van der Waals surface area contributed by atoms with Crippen LogP contribution in [0.2, 0.25) is 0 Å². The van der Waals surface area contributed by atoms with Gasteiger partial charge in [0.05, 0.1) is 0 Å². The summed E-state index contributed by atoms with van der Waals surface area (Å²) in [6, 6.07) is 0. The molecule has 56 valence electrons. The van der Waals surface area contributed by atoms with Gasteiger partial charge in [0.1, 0.15) is 0 Å². The molecule has 0 radical (unpaired) electrons. The molecule has 0 rings (SSSR count). The van der Waals surface area contributed by atoms with Gasteiger partial charge in [-0.15, -0.1) is 0 Å². The van der Waals surface area contributed by atoms with Crippen LogP contribution in [0.1, 0.15) is 13.8 Å². The summed E-state index contributed by atoms with van der Waals surface area (Å²) in [4.78, 5) is 19.6. The van der Waals surface area contributed by atoms with Crippen LogP contribution >= 0.6 is 0 Å². The van der Waals surface area contributed by atoms with E-state index in [0.717, 1.165) is 0 Å². The predicted octanol–water partition coefficient (Wildman–Crippen LogP) is 0.0910. The second-order valence-electron chi connectivity index (χ2n) is 1.09. The zero-order chi connectivity index (χ0) is 5.86. The Labute approximate surface area is 79.0 Å². The number of esters is 2. The fraction of sp³-hybridized carbons (Fsp3) is 0.500. The summed E-state index contributed by atoms with van der Waals surface area (Å²) in [5, 5.41) is 0. The Morgan fingerprint density at radius 2 is 1.22 bits per heavy atom. The Kier molecular flexibility index (Phi) is 15.1. The van der Waals surface area contributed by atoms with Gasteiger partial charge in [0.15, 0.2) is 0 Å². The van der Waals surface area contributed by atoms with Gasteiger partial charge in [-0.3, -0.25) is 9.59 Å². The Morgan fingerprint density at radius 3 is 1.22 bits per heavy atom. The molecule has 0 atom stereocenters. The minimum Gasteiger partial charge on any atom is -0.394 e. The Hall–Kier alpha value is 0.387. The quantitative estimate of drug-likeness (QED) is 0.362. The molecule has 0 unspecified atom stereocenters. The van der Waals surface area contributed by atoms with Gasteiger partial charge in [-0.1, -0.05) is 0 Å². The maximum atomic E-state index is 9.81. The van der Waals surface area contributed by atoms with Crippen LogP contribution in [0.3, 0.4) is 0 Å². The number of ether oxygens (including phenoxy) is 1. The number of hydrogen-bond acceptors (Lipinski definition) is 3. The minimum atomic E-state index is -0.562. The molecule has 3 nitrogen and oxygen atoms in total. The summed E-state index contributed by atoms with van der Waals surface area (Å²) in [5.74, 6) is -1.12. The number of carbonyl (C=O) groups is 2. The fourth-order valence-corrected chi connectivity index (χ4v) is 0.202. The summed E-state index contributed by atoms with van der Waals surface area (Å²) in [6.07, 6.45) is 0. The van der Waals surface area contributed by atoms with Gasteiger partial charge in [-0.25, -0.2) is 0 Å². The third-order valence-electron chi connectivity index (χ3n) is 0.287. The predicted molar refractivity (Wildman–Crippen MR) is 22.4 cm³/mol. The van der Waals surface area contributed by atoms with E-state index in [-0.39, 0.29) is 39.0 Å². The smallest absolute Gasteiger partial charge is 0.310 e. The van der Waals surface area contributed by atoms with Gasteiger partial charge in [-0.2, -0.15) is 0 Å². The van der Waals surface area contributed by atoms with Crippen molar-refractivity contribution >= 4 is 11.9 Å². The molecule has 0 aliphatic rings. The molecule has 0 bridgehead atoms. The van der Waals surface area contributed by atoms with Gasteiger partial charge >= 0.3 is 11.9 Å². The summed E-state index contributed by atoms with van der Waals surface area (Å²) in [7, 11) is 0. The van der Waals surface area contributed by atoms with Crippen LogP contribution in [0.4, 0.5) is 0 Å². The number of rotatable bonds is 0. The first kappa shape index (κ1) is 16.2. The van der Waals surface area contributed by atoms with Crippen LogP contribution in [-0.2, 0) is 53.3 Å². The van der Waals surface area contributed by atoms with Crippen molar-refractivity contribution in [2.24, 2.45) is 0 Å². The van der Waals surface area contributed by atoms with E-state index < -0.39 is 11.9 Å². The van der Waals surface area contributed by atoms with Gasteiger partial charge in [0.25, 0.3) is 0 Å². The molecule has 5 heteroatoms. The van der Waals surface area contributed by atoms with Crippen molar-refractivity contribution in [3.05, 3.63) is 0 Å². The zero-order valence-electron chi connectivity index (χ0n) is 4.93. The molecule has 0 spiro atoms. The molecule has 0 fully saturated rings. The van der Waals surface area contributed by atoms with Crippen LogP contribution in [-0.4, -0.2) is 11.9 Å². The van der Waals surface area contributed by atoms with Crippen molar-refractivity contribution in [3.8, 4) is 0 Å². The molecule has 9 heavy (non-hydrogen) atoms. The summed E-state index contributed by atoms with van der Waals surface area (Å²) in [5.41, 5.74) is 0. The Bertz CT molecular complexity index is 90.0. The normalized spacial score (nSPS) is 6.00. The first-order valence-corrected chi connectivity index (χ1v) is 1.82. The van der Waals surface area contributed by atoms with Crippen molar-refractivity contribution in [2.45, 2.75) is 13.8 Å². The summed E-state index contributed by atoms with van der Waals surface area (Å²) >= 11 is 0. The number of carbonyl (C=O) groups excluding carboxylic acids is 2. The van der Waals surface area contributed by atoms with Crippen LogP contribution in [0, 0.1) is 0 Å².